The Labute approximate surface area is 121 Å². The maximum Gasteiger partial charge on any atom is 0.325 e. The Hall–Kier alpha value is -2.07. The van der Waals surface area contributed by atoms with Crippen molar-refractivity contribution in [2.75, 3.05) is 26.0 Å². The monoisotopic (exact) mass is 293 g/mol. The van der Waals surface area contributed by atoms with E-state index in [0.717, 1.165) is 15.7 Å². The molecule has 0 unspecified atom stereocenters. The summed E-state index contributed by atoms with van der Waals surface area (Å²) in [5.41, 5.74) is 0.398. The lowest BCUT2D eigenvalue weighted by molar-refractivity contribution is -0.141. The van der Waals surface area contributed by atoms with E-state index in [1.807, 2.05) is 13.0 Å². The zero-order chi connectivity index (χ0) is 15.0. The zero-order valence-electron chi connectivity index (χ0n) is 11.3. The molecule has 20 heavy (non-hydrogen) atoms. The second kappa shape index (κ2) is 8.17. The van der Waals surface area contributed by atoms with Crippen LogP contribution in [0.2, 0.25) is 0 Å². The summed E-state index contributed by atoms with van der Waals surface area (Å²) in [7, 11) is 1.24. The minimum Gasteiger partial charge on any atom is -0.468 e. The van der Waals surface area contributed by atoms with Gasteiger partial charge in [0.15, 0.2) is 0 Å². The van der Waals surface area contributed by atoms with Crippen molar-refractivity contribution in [3.63, 3.8) is 0 Å². The van der Waals surface area contributed by atoms with Gasteiger partial charge in [0.25, 0.3) is 5.91 Å². The number of rotatable bonds is 6. The summed E-state index contributed by atoms with van der Waals surface area (Å²) in [5, 5.41) is 9.47. The summed E-state index contributed by atoms with van der Waals surface area (Å²) >= 11 is 1.51. The second-order valence-corrected chi connectivity index (χ2v) is 5.00. The van der Waals surface area contributed by atoms with Crippen LogP contribution < -0.4 is 0 Å². The first-order valence-corrected chi connectivity index (χ1v) is 6.92. The fraction of sp³-hybridized carbons (Fsp3) is 0.385. The predicted molar refractivity (Wildman–Crippen MR) is 74.2 cm³/mol. The van der Waals surface area contributed by atoms with Crippen LogP contribution in [0.3, 0.4) is 0 Å². The number of pyridine rings is 1. The van der Waals surface area contributed by atoms with Crippen LogP contribution >= 0.6 is 11.8 Å². The third-order valence-electron chi connectivity index (χ3n) is 2.37. The molecule has 0 N–H and O–H groups in total. The molecular weight excluding hydrogens is 278 g/mol. The first kappa shape index (κ1) is 16.0. The lowest BCUT2D eigenvalue weighted by Gasteiger charge is -2.18. The lowest BCUT2D eigenvalue weighted by atomic mass is 10.2. The molecule has 106 valence electrons. The van der Waals surface area contributed by atoms with Gasteiger partial charge in [-0.1, -0.05) is 6.92 Å². The van der Waals surface area contributed by atoms with Gasteiger partial charge in [-0.3, -0.25) is 9.59 Å². The normalized spacial score (nSPS) is 9.65. The minimum atomic E-state index is -0.564. The zero-order valence-corrected chi connectivity index (χ0v) is 12.1. The fourth-order valence-electron chi connectivity index (χ4n) is 1.46. The van der Waals surface area contributed by atoms with Crippen molar-refractivity contribution in [1.29, 1.82) is 5.26 Å². The fourth-order valence-corrected chi connectivity index (χ4v) is 2.10. The van der Waals surface area contributed by atoms with Crippen LogP contribution in [0.15, 0.2) is 23.4 Å². The first-order valence-electron chi connectivity index (χ1n) is 5.94. The molecule has 0 saturated heterocycles. The Morgan fingerprint density at radius 2 is 2.30 bits per heavy atom. The molecule has 6 nitrogen and oxygen atoms in total. The van der Waals surface area contributed by atoms with Crippen molar-refractivity contribution in [3.8, 4) is 6.07 Å². The van der Waals surface area contributed by atoms with E-state index in [-0.39, 0.29) is 13.1 Å². The van der Waals surface area contributed by atoms with Crippen LogP contribution in [0.5, 0.6) is 0 Å². The molecule has 0 aliphatic heterocycles. The van der Waals surface area contributed by atoms with Crippen LogP contribution in [0.4, 0.5) is 0 Å². The van der Waals surface area contributed by atoms with Crippen molar-refractivity contribution in [3.05, 3.63) is 23.9 Å². The third-order valence-corrected chi connectivity index (χ3v) is 3.18. The second-order valence-electron chi connectivity index (χ2n) is 3.71. The van der Waals surface area contributed by atoms with E-state index in [4.69, 9.17) is 5.26 Å². The van der Waals surface area contributed by atoms with Gasteiger partial charge in [0.1, 0.15) is 13.1 Å². The number of ether oxygens (including phenoxy) is 1. The Kier molecular flexibility index (Phi) is 6.53. The number of carbonyl (C=O) groups excluding carboxylic acids is 2. The van der Waals surface area contributed by atoms with Crippen molar-refractivity contribution >= 4 is 23.6 Å². The smallest absolute Gasteiger partial charge is 0.325 e. The first-order chi connectivity index (χ1) is 9.62. The summed E-state index contributed by atoms with van der Waals surface area (Å²) in [5.74, 6) is -0.113. The van der Waals surface area contributed by atoms with Crippen LogP contribution in [-0.4, -0.2) is 47.7 Å². The lowest BCUT2D eigenvalue weighted by Crippen LogP contribution is -2.36. The SMILES string of the molecule is CCSc1cc(C(=O)N(CC#N)CC(=O)OC)ccn1. The van der Waals surface area contributed by atoms with Crippen LogP contribution in [0.25, 0.3) is 0 Å². The highest BCUT2D eigenvalue weighted by molar-refractivity contribution is 7.99. The topological polar surface area (TPSA) is 83.3 Å². The molecule has 1 aromatic rings. The molecule has 0 atom stereocenters. The van der Waals surface area contributed by atoms with E-state index < -0.39 is 11.9 Å². The summed E-state index contributed by atoms with van der Waals surface area (Å²) in [6.07, 6.45) is 1.54. The maximum absolute atomic E-state index is 12.3. The van der Waals surface area contributed by atoms with Crippen molar-refractivity contribution < 1.29 is 14.3 Å². The molecule has 7 heteroatoms. The number of nitrogens with zero attached hydrogens (tertiary/aromatic N) is 3. The van der Waals surface area contributed by atoms with E-state index in [9.17, 15) is 9.59 Å². The molecule has 0 aromatic carbocycles. The Balaban J connectivity index is 2.91. The predicted octanol–water partition coefficient (Wildman–Crippen LogP) is 1.33. The number of thioether (sulfide) groups is 1. The molecule has 0 fully saturated rings. The van der Waals surface area contributed by atoms with Gasteiger partial charge < -0.3 is 9.64 Å². The average Bonchev–Trinajstić information content (AvgIpc) is 2.46. The Bertz CT molecular complexity index is 528. The highest BCUT2D eigenvalue weighted by Crippen LogP contribution is 2.16. The number of methoxy groups -OCH3 is 1. The highest BCUT2D eigenvalue weighted by atomic mass is 32.2. The number of aromatic nitrogens is 1. The van der Waals surface area contributed by atoms with Crippen molar-refractivity contribution in [1.82, 2.24) is 9.88 Å². The molecule has 0 radical (unpaired) electrons. The minimum absolute atomic E-state index is 0.174. The van der Waals surface area contributed by atoms with Gasteiger partial charge in [-0.05, 0) is 17.9 Å². The highest BCUT2D eigenvalue weighted by Gasteiger charge is 2.19. The van der Waals surface area contributed by atoms with E-state index in [1.54, 1.807) is 12.1 Å². The number of hydrogen-bond donors (Lipinski definition) is 0. The molecule has 1 rings (SSSR count). The molecule has 1 amide bonds. The van der Waals surface area contributed by atoms with Crippen LogP contribution in [-0.2, 0) is 9.53 Å². The number of carbonyl (C=O) groups is 2. The Morgan fingerprint density at radius 3 is 2.90 bits per heavy atom. The van der Waals surface area contributed by atoms with E-state index in [0.29, 0.717) is 5.56 Å². The summed E-state index contributed by atoms with van der Waals surface area (Å²) in [4.78, 5) is 28.8. The molecule has 0 spiro atoms. The Morgan fingerprint density at radius 1 is 1.55 bits per heavy atom. The average molecular weight is 293 g/mol. The van der Waals surface area contributed by atoms with Crippen LogP contribution in [0.1, 0.15) is 17.3 Å². The molecule has 0 aliphatic carbocycles. The van der Waals surface area contributed by atoms with E-state index in [1.165, 1.54) is 25.1 Å². The number of nitriles is 1. The quantitative estimate of drug-likeness (QED) is 0.447. The van der Waals surface area contributed by atoms with Gasteiger partial charge in [0.05, 0.1) is 18.2 Å². The van der Waals surface area contributed by atoms with Gasteiger partial charge >= 0.3 is 5.97 Å². The summed E-state index contributed by atoms with van der Waals surface area (Å²) < 4.78 is 4.52. The standard InChI is InChI=1S/C13H15N3O3S/c1-3-20-11-8-10(4-6-15-11)13(18)16(7-5-14)9-12(17)19-2/h4,6,8H,3,7,9H2,1-2H3. The molecule has 1 aromatic heterocycles. The van der Waals surface area contributed by atoms with E-state index in [2.05, 4.69) is 9.72 Å². The summed E-state index contributed by atoms with van der Waals surface area (Å²) in [6.45, 7) is 1.56. The number of esters is 1. The van der Waals surface area contributed by atoms with Crippen LogP contribution in [0, 0.1) is 11.3 Å². The molecule has 1 heterocycles. The van der Waals surface area contributed by atoms with Gasteiger partial charge in [-0.2, -0.15) is 5.26 Å². The molecular formula is C13H15N3O3S. The van der Waals surface area contributed by atoms with Crippen molar-refractivity contribution in [2.45, 2.75) is 11.9 Å². The van der Waals surface area contributed by atoms with Gasteiger partial charge in [-0.15, -0.1) is 11.8 Å². The number of amides is 1. The molecule has 0 bridgehead atoms. The van der Waals surface area contributed by atoms with Gasteiger partial charge in [-0.25, -0.2) is 4.98 Å². The molecule has 0 saturated carbocycles. The molecule has 0 aliphatic rings. The number of hydrogen-bond acceptors (Lipinski definition) is 6. The third kappa shape index (κ3) is 4.55. The van der Waals surface area contributed by atoms with E-state index >= 15 is 0 Å². The van der Waals surface area contributed by atoms with Gasteiger partial charge in [0, 0.05) is 11.8 Å². The maximum atomic E-state index is 12.3. The van der Waals surface area contributed by atoms with Crippen molar-refractivity contribution in [2.24, 2.45) is 0 Å². The van der Waals surface area contributed by atoms with Gasteiger partial charge in [0.2, 0.25) is 0 Å². The largest absolute Gasteiger partial charge is 0.468 e. The summed E-state index contributed by atoms with van der Waals surface area (Å²) in [6, 6.07) is 5.07.